The Hall–Kier alpha value is -2.17. The van der Waals surface area contributed by atoms with Gasteiger partial charge in [0.25, 0.3) is 0 Å². The Kier molecular flexibility index (Phi) is 3.04. The molecule has 2 fully saturated rings. The highest BCUT2D eigenvalue weighted by Gasteiger charge is 2.70. The molecule has 1 aliphatic heterocycles. The first-order chi connectivity index (χ1) is 9.65. The first kappa shape index (κ1) is 12.8. The quantitative estimate of drug-likeness (QED) is 0.606. The monoisotopic (exact) mass is 273 g/mol. The second-order valence-electron chi connectivity index (χ2n) is 5.08. The number of nitrogens with zero attached hydrogens (tertiary/aromatic N) is 1. The predicted octanol–water partition coefficient (Wildman–Crippen LogP) is 0.981. The average molecular weight is 273 g/mol. The summed E-state index contributed by atoms with van der Waals surface area (Å²) in [5, 5.41) is 0. The van der Waals surface area contributed by atoms with Crippen LogP contribution in [-0.2, 0) is 25.7 Å². The van der Waals surface area contributed by atoms with Crippen molar-refractivity contribution in [2.24, 2.45) is 17.8 Å². The molecule has 0 spiro atoms. The van der Waals surface area contributed by atoms with Gasteiger partial charge in [0.15, 0.2) is 0 Å². The molecule has 104 valence electrons. The zero-order valence-electron chi connectivity index (χ0n) is 11.1. The molecule has 1 heterocycles. The number of hydrogen-bond donors (Lipinski definition) is 0. The Balaban J connectivity index is 1.70. The predicted molar refractivity (Wildman–Crippen MR) is 69.1 cm³/mol. The largest absolute Gasteiger partial charge is 0.466 e. The van der Waals surface area contributed by atoms with Crippen molar-refractivity contribution in [3.05, 3.63) is 35.9 Å². The van der Waals surface area contributed by atoms with E-state index in [2.05, 4.69) is 0 Å². The van der Waals surface area contributed by atoms with Gasteiger partial charge in [-0.15, -0.1) is 0 Å². The molecule has 1 aliphatic carbocycles. The third-order valence-corrected chi connectivity index (χ3v) is 3.86. The standard InChI is InChI=1S/C15H15NO4/c1-2-20-15(19)12-10-11(12)14(18)16(13(10)17)8-9-6-4-3-5-7-9/h3-7,10-12H,2,8H2,1H3/t10-,11+,12?. The summed E-state index contributed by atoms with van der Waals surface area (Å²) in [4.78, 5) is 37.2. The molecule has 3 rings (SSSR count). The molecule has 0 radical (unpaired) electrons. The Bertz CT molecular complexity index is 546. The summed E-state index contributed by atoms with van der Waals surface area (Å²) in [6, 6.07) is 9.34. The summed E-state index contributed by atoms with van der Waals surface area (Å²) >= 11 is 0. The zero-order valence-corrected chi connectivity index (χ0v) is 11.1. The number of carbonyl (C=O) groups excluding carboxylic acids is 3. The Morgan fingerprint density at radius 3 is 2.30 bits per heavy atom. The van der Waals surface area contributed by atoms with Crippen molar-refractivity contribution in [2.45, 2.75) is 13.5 Å². The lowest BCUT2D eigenvalue weighted by atomic mass is 10.2. The summed E-state index contributed by atoms with van der Waals surface area (Å²) in [6.45, 7) is 2.26. The number of likely N-dealkylation sites (tertiary alicyclic amines) is 1. The molecule has 3 atom stereocenters. The van der Waals surface area contributed by atoms with Gasteiger partial charge in [0.05, 0.1) is 30.9 Å². The van der Waals surface area contributed by atoms with Crippen molar-refractivity contribution in [3.8, 4) is 0 Å². The van der Waals surface area contributed by atoms with Crippen LogP contribution in [0, 0.1) is 17.8 Å². The smallest absolute Gasteiger partial charge is 0.310 e. The number of imide groups is 1. The molecule has 2 amide bonds. The normalized spacial score (nSPS) is 27.4. The number of fused-ring (bicyclic) bond motifs is 1. The van der Waals surface area contributed by atoms with E-state index in [-0.39, 0.29) is 25.0 Å². The number of hydrogen-bond acceptors (Lipinski definition) is 4. The van der Waals surface area contributed by atoms with Gasteiger partial charge in [0.2, 0.25) is 11.8 Å². The Labute approximate surface area is 116 Å². The maximum atomic E-state index is 12.2. The average Bonchev–Trinajstić information content (AvgIpc) is 3.15. The van der Waals surface area contributed by atoms with E-state index in [1.165, 1.54) is 4.90 Å². The van der Waals surface area contributed by atoms with E-state index in [0.717, 1.165) is 5.56 Å². The minimum absolute atomic E-state index is 0.248. The van der Waals surface area contributed by atoms with Crippen LogP contribution in [0.15, 0.2) is 30.3 Å². The Morgan fingerprint density at radius 1 is 1.15 bits per heavy atom. The van der Waals surface area contributed by atoms with E-state index in [9.17, 15) is 14.4 Å². The van der Waals surface area contributed by atoms with Crippen molar-refractivity contribution in [1.29, 1.82) is 0 Å². The third-order valence-electron chi connectivity index (χ3n) is 3.86. The summed E-state index contributed by atoms with van der Waals surface area (Å²) < 4.78 is 4.89. The van der Waals surface area contributed by atoms with Crippen LogP contribution in [0.5, 0.6) is 0 Å². The molecule has 0 N–H and O–H groups in total. The first-order valence-electron chi connectivity index (χ1n) is 6.71. The maximum absolute atomic E-state index is 12.2. The lowest BCUT2D eigenvalue weighted by molar-refractivity contribution is -0.152. The van der Waals surface area contributed by atoms with Gasteiger partial charge in [-0.3, -0.25) is 19.3 Å². The molecule has 5 heteroatoms. The molecule has 1 saturated carbocycles. The molecule has 0 aromatic heterocycles. The Morgan fingerprint density at radius 2 is 1.75 bits per heavy atom. The summed E-state index contributed by atoms with van der Waals surface area (Å²) in [6.07, 6.45) is 0. The van der Waals surface area contributed by atoms with Crippen LogP contribution in [0.2, 0.25) is 0 Å². The molecule has 5 nitrogen and oxygen atoms in total. The van der Waals surface area contributed by atoms with Gasteiger partial charge in [-0.25, -0.2) is 0 Å². The number of carbonyl (C=O) groups is 3. The van der Waals surface area contributed by atoms with E-state index in [1.54, 1.807) is 6.92 Å². The van der Waals surface area contributed by atoms with Crippen LogP contribution in [-0.4, -0.2) is 29.3 Å². The topological polar surface area (TPSA) is 63.7 Å². The van der Waals surface area contributed by atoms with E-state index in [1.807, 2.05) is 30.3 Å². The second-order valence-corrected chi connectivity index (χ2v) is 5.08. The van der Waals surface area contributed by atoms with Crippen molar-refractivity contribution < 1.29 is 19.1 Å². The molecule has 20 heavy (non-hydrogen) atoms. The summed E-state index contributed by atoms with van der Waals surface area (Å²) in [5.41, 5.74) is 0.906. The highest BCUT2D eigenvalue weighted by atomic mass is 16.5. The van der Waals surface area contributed by atoms with Crippen LogP contribution in [0.1, 0.15) is 12.5 Å². The van der Waals surface area contributed by atoms with Gasteiger partial charge in [-0.05, 0) is 12.5 Å². The van der Waals surface area contributed by atoms with Crippen molar-refractivity contribution in [2.75, 3.05) is 6.61 Å². The van der Waals surface area contributed by atoms with Crippen LogP contribution in [0.3, 0.4) is 0 Å². The number of benzene rings is 1. The van der Waals surface area contributed by atoms with Crippen molar-refractivity contribution in [1.82, 2.24) is 4.90 Å². The lowest BCUT2D eigenvalue weighted by Gasteiger charge is -2.18. The number of esters is 1. The SMILES string of the molecule is CCOC(=O)C1[C@H]2C(=O)N(Cc3ccccc3)C(=O)[C@@H]12. The van der Waals surface area contributed by atoms with Gasteiger partial charge in [-0.1, -0.05) is 30.3 Å². The fourth-order valence-electron chi connectivity index (χ4n) is 2.85. The van der Waals surface area contributed by atoms with Gasteiger partial charge in [0.1, 0.15) is 0 Å². The molecule has 0 bridgehead atoms. The zero-order chi connectivity index (χ0) is 14.3. The molecular weight excluding hydrogens is 258 g/mol. The van der Waals surface area contributed by atoms with E-state index in [0.29, 0.717) is 0 Å². The summed E-state index contributed by atoms with van der Waals surface area (Å²) in [5.74, 6) is -2.47. The van der Waals surface area contributed by atoms with Crippen molar-refractivity contribution in [3.63, 3.8) is 0 Å². The van der Waals surface area contributed by atoms with Crippen LogP contribution >= 0.6 is 0 Å². The maximum Gasteiger partial charge on any atom is 0.310 e. The van der Waals surface area contributed by atoms with E-state index in [4.69, 9.17) is 4.74 Å². The highest BCUT2D eigenvalue weighted by molar-refractivity contribution is 6.13. The molecule has 2 aliphatic rings. The first-order valence-corrected chi connectivity index (χ1v) is 6.71. The minimum Gasteiger partial charge on any atom is -0.466 e. The second kappa shape index (κ2) is 4.74. The van der Waals surface area contributed by atoms with Gasteiger partial charge >= 0.3 is 5.97 Å². The van der Waals surface area contributed by atoms with E-state index < -0.39 is 23.7 Å². The molecule has 1 aromatic rings. The molecule has 1 saturated heterocycles. The van der Waals surface area contributed by atoms with E-state index >= 15 is 0 Å². The number of rotatable bonds is 4. The molecular formula is C15H15NO4. The highest BCUT2D eigenvalue weighted by Crippen LogP contribution is 2.54. The fraction of sp³-hybridized carbons (Fsp3) is 0.400. The lowest BCUT2D eigenvalue weighted by Crippen LogP contribution is -2.35. The molecule has 1 aromatic carbocycles. The van der Waals surface area contributed by atoms with Crippen LogP contribution in [0.4, 0.5) is 0 Å². The van der Waals surface area contributed by atoms with Gasteiger partial charge in [0, 0.05) is 0 Å². The van der Waals surface area contributed by atoms with Gasteiger partial charge in [-0.2, -0.15) is 0 Å². The van der Waals surface area contributed by atoms with Gasteiger partial charge < -0.3 is 4.74 Å². The summed E-state index contributed by atoms with van der Waals surface area (Å²) in [7, 11) is 0. The minimum atomic E-state index is -0.554. The number of amides is 2. The molecule has 1 unspecified atom stereocenters. The number of ether oxygens (including phenoxy) is 1. The number of piperidine rings is 1. The third kappa shape index (κ3) is 1.90. The van der Waals surface area contributed by atoms with Crippen LogP contribution in [0.25, 0.3) is 0 Å². The fourth-order valence-corrected chi connectivity index (χ4v) is 2.85. The van der Waals surface area contributed by atoms with Crippen molar-refractivity contribution >= 4 is 17.8 Å². The van der Waals surface area contributed by atoms with Crippen LogP contribution < -0.4 is 0 Å².